The predicted molar refractivity (Wildman–Crippen MR) is 84.3 cm³/mol. The monoisotopic (exact) mass is 285 g/mol. The van der Waals surface area contributed by atoms with E-state index in [1.807, 2.05) is 32.3 Å². The van der Waals surface area contributed by atoms with Gasteiger partial charge in [0.25, 0.3) is 0 Å². The molecule has 0 aliphatic carbocycles. The van der Waals surface area contributed by atoms with Crippen molar-refractivity contribution in [3.8, 4) is 6.07 Å². The number of nitrogens with one attached hydrogen (secondary N) is 1. The van der Waals surface area contributed by atoms with Crippen LogP contribution in [0.2, 0.25) is 5.02 Å². The summed E-state index contributed by atoms with van der Waals surface area (Å²) in [6, 6.07) is 15.6. The second-order valence-corrected chi connectivity index (χ2v) is 5.12. The van der Waals surface area contributed by atoms with Gasteiger partial charge in [0.15, 0.2) is 0 Å². The first-order valence-corrected chi connectivity index (χ1v) is 6.68. The van der Waals surface area contributed by atoms with Crippen LogP contribution >= 0.6 is 11.6 Å². The molecule has 0 spiro atoms. The number of anilines is 2. The first kappa shape index (κ1) is 14.2. The molecule has 0 atom stereocenters. The molecule has 0 bridgehead atoms. The molecule has 2 aromatic rings. The van der Waals surface area contributed by atoms with Gasteiger partial charge in [-0.25, -0.2) is 0 Å². The van der Waals surface area contributed by atoms with E-state index in [0.29, 0.717) is 17.1 Å². The Bertz CT molecular complexity index is 627. The fourth-order valence-electron chi connectivity index (χ4n) is 1.83. The van der Waals surface area contributed by atoms with Gasteiger partial charge in [0, 0.05) is 37.0 Å². The van der Waals surface area contributed by atoms with Gasteiger partial charge in [-0.05, 0) is 42.0 Å². The maximum absolute atomic E-state index is 8.80. The minimum absolute atomic E-state index is 0.578. The Balaban J connectivity index is 2.03. The molecular formula is C16H16ClN3. The first-order chi connectivity index (χ1) is 9.60. The Morgan fingerprint density at radius 2 is 1.85 bits per heavy atom. The standard InChI is InChI=1S/C16H16ClN3/c1-20(2)15-7-5-14(6-8-15)19-11-13-4-3-12(10-18)9-16(13)17/h3-9,19H,11H2,1-2H3. The Kier molecular flexibility index (Phi) is 4.49. The van der Waals surface area contributed by atoms with Crippen LogP contribution in [0, 0.1) is 11.3 Å². The molecule has 2 aromatic carbocycles. The third kappa shape index (κ3) is 3.43. The molecule has 20 heavy (non-hydrogen) atoms. The normalized spacial score (nSPS) is 9.90. The van der Waals surface area contributed by atoms with Crippen LogP contribution in [0.5, 0.6) is 0 Å². The van der Waals surface area contributed by atoms with E-state index in [-0.39, 0.29) is 0 Å². The van der Waals surface area contributed by atoms with Crippen LogP contribution < -0.4 is 10.2 Å². The largest absolute Gasteiger partial charge is 0.381 e. The smallest absolute Gasteiger partial charge is 0.0992 e. The average molecular weight is 286 g/mol. The molecule has 3 nitrogen and oxygen atoms in total. The quantitative estimate of drug-likeness (QED) is 0.926. The third-order valence-corrected chi connectivity index (χ3v) is 3.40. The lowest BCUT2D eigenvalue weighted by atomic mass is 10.1. The van der Waals surface area contributed by atoms with Gasteiger partial charge >= 0.3 is 0 Å². The van der Waals surface area contributed by atoms with Gasteiger partial charge in [0.1, 0.15) is 0 Å². The molecule has 102 valence electrons. The fourth-order valence-corrected chi connectivity index (χ4v) is 2.08. The average Bonchev–Trinajstić information content (AvgIpc) is 2.46. The van der Waals surface area contributed by atoms with Gasteiger partial charge in [-0.1, -0.05) is 17.7 Å². The van der Waals surface area contributed by atoms with Crippen molar-refractivity contribution in [2.75, 3.05) is 24.3 Å². The SMILES string of the molecule is CN(C)c1ccc(NCc2ccc(C#N)cc2Cl)cc1. The van der Waals surface area contributed by atoms with Crippen LogP contribution in [0.3, 0.4) is 0 Å². The Hall–Kier alpha value is -2.18. The second kappa shape index (κ2) is 6.31. The van der Waals surface area contributed by atoms with Crippen LogP contribution in [-0.2, 0) is 6.54 Å². The van der Waals surface area contributed by atoms with Crippen LogP contribution in [-0.4, -0.2) is 14.1 Å². The minimum Gasteiger partial charge on any atom is -0.381 e. The lowest BCUT2D eigenvalue weighted by molar-refractivity contribution is 1.12. The van der Waals surface area contributed by atoms with Crippen molar-refractivity contribution in [1.82, 2.24) is 0 Å². The highest BCUT2D eigenvalue weighted by Crippen LogP contribution is 2.20. The molecule has 1 N–H and O–H groups in total. The lowest BCUT2D eigenvalue weighted by Gasteiger charge is -2.13. The molecule has 0 radical (unpaired) electrons. The first-order valence-electron chi connectivity index (χ1n) is 6.30. The van der Waals surface area contributed by atoms with E-state index in [0.717, 1.165) is 16.9 Å². The zero-order chi connectivity index (χ0) is 14.5. The van der Waals surface area contributed by atoms with Crippen molar-refractivity contribution in [3.63, 3.8) is 0 Å². The molecule has 0 aromatic heterocycles. The number of hydrogen-bond donors (Lipinski definition) is 1. The van der Waals surface area contributed by atoms with Crippen molar-refractivity contribution in [1.29, 1.82) is 5.26 Å². The third-order valence-electron chi connectivity index (χ3n) is 3.05. The Morgan fingerprint density at radius 1 is 1.15 bits per heavy atom. The molecule has 0 fully saturated rings. The summed E-state index contributed by atoms with van der Waals surface area (Å²) in [5.74, 6) is 0. The Labute approximate surface area is 124 Å². The van der Waals surface area contributed by atoms with Gasteiger partial charge in [0.2, 0.25) is 0 Å². The molecular weight excluding hydrogens is 270 g/mol. The van der Waals surface area contributed by atoms with E-state index in [4.69, 9.17) is 16.9 Å². The maximum Gasteiger partial charge on any atom is 0.0992 e. The predicted octanol–water partition coefficient (Wildman–Crippen LogP) is 3.89. The summed E-state index contributed by atoms with van der Waals surface area (Å²) in [6.07, 6.45) is 0. The number of rotatable bonds is 4. The summed E-state index contributed by atoms with van der Waals surface area (Å²) in [4.78, 5) is 2.06. The van der Waals surface area contributed by atoms with Gasteiger partial charge in [0.05, 0.1) is 11.6 Å². The summed E-state index contributed by atoms with van der Waals surface area (Å²) in [5.41, 5.74) is 3.75. The molecule has 0 aliphatic rings. The van der Waals surface area contributed by atoms with Crippen LogP contribution in [0.1, 0.15) is 11.1 Å². The zero-order valence-electron chi connectivity index (χ0n) is 11.5. The van der Waals surface area contributed by atoms with Crippen molar-refractivity contribution >= 4 is 23.0 Å². The molecule has 0 saturated carbocycles. The number of nitriles is 1. The van der Waals surface area contributed by atoms with E-state index >= 15 is 0 Å². The van der Waals surface area contributed by atoms with Gasteiger partial charge < -0.3 is 10.2 Å². The van der Waals surface area contributed by atoms with Crippen LogP contribution in [0.15, 0.2) is 42.5 Å². The fraction of sp³-hybridized carbons (Fsp3) is 0.188. The highest BCUT2D eigenvalue weighted by Gasteiger charge is 2.02. The molecule has 0 saturated heterocycles. The van der Waals surface area contributed by atoms with E-state index in [1.165, 1.54) is 0 Å². The van der Waals surface area contributed by atoms with E-state index in [1.54, 1.807) is 12.1 Å². The van der Waals surface area contributed by atoms with E-state index < -0.39 is 0 Å². The summed E-state index contributed by atoms with van der Waals surface area (Å²) in [7, 11) is 4.03. The van der Waals surface area contributed by atoms with Crippen molar-refractivity contribution in [2.45, 2.75) is 6.54 Å². The van der Waals surface area contributed by atoms with Crippen molar-refractivity contribution in [3.05, 3.63) is 58.6 Å². The lowest BCUT2D eigenvalue weighted by Crippen LogP contribution is -2.08. The minimum atomic E-state index is 0.578. The zero-order valence-corrected chi connectivity index (χ0v) is 12.3. The number of nitrogens with zero attached hydrogens (tertiary/aromatic N) is 2. The number of benzene rings is 2. The summed E-state index contributed by atoms with van der Waals surface area (Å²) in [5, 5.41) is 12.7. The highest BCUT2D eigenvalue weighted by molar-refractivity contribution is 6.31. The molecule has 0 aliphatic heterocycles. The van der Waals surface area contributed by atoms with Crippen LogP contribution in [0.25, 0.3) is 0 Å². The van der Waals surface area contributed by atoms with Crippen molar-refractivity contribution < 1.29 is 0 Å². The highest BCUT2D eigenvalue weighted by atomic mass is 35.5. The van der Waals surface area contributed by atoms with Crippen LogP contribution in [0.4, 0.5) is 11.4 Å². The van der Waals surface area contributed by atoms with E-state index in [2.05, 4.69) is 28.4 Å². The molecule has 0 heterocycles. The summed E-state index contributed by atoms with van der Waals surface area (Å²) in [6.45, 7) is 0.631. The molecule has 0 unspecified atom stereocenters. The van der Waals surface area contributed by atoms with Crippen molar-refractivity contribution in [2.24, 2.45) is 0 Å². The summed E-state index contributed by atoms with van der Waals surface area (Å²) >= 11 is 6.14. The molecule has 0 amide bonds. The number of halogens is 1. The topological polar surface area (TPSA) is 39.1 Å². The second-order valence-electron chi connectivity index (χ2n) is 4.71. The van der Waals surface area contributed by atoms with Gasteiger partial charge in [-0.2, -0.15) is 5.26 Å². The molecule has 4 heteroatoms. The molecule has 2 rings (SSSR count). The van der Waals surface area contributed by atoms with E-state index in [9.17, 15) is 0 Å². The summed E-state index contributed by atoms with van der Waals surface area (Å²) < 4.78 is 0. The maximum atomic E-state index is 8.80. The number of hydrogen-bond acceptors (Lipinski definition) is 3. The van der Waals surface area contributed by atoms with Gasteiger partial charge in [-0.3, -0.25) is 0 Å². The van der Waals surface area contributed by atoms with Gasteiger partial charge in [-0.15, -0.1) is 0 Å². The Morgan fingerprint density at radius 3 is 2.40 bits per heavy atom.